The molecule has 3 unspecified atom stereocenters. The third-order valence-corrected chi connectivity index (χ3v) is 5.92. The lowest BCUT2D eigenvalue weighted by molar-refractivity contribution is 0.0441. The molecule has 0 aromatic carbocycles. The molecule has 2 nitrogen and oxygen atoms in total. The van der Waals surface area contributed by atoms with Crippen LogP contribution in [0.25, 0.3) is 0 Å². The zero-order valence-electron chi connectivity index (χ0n) is 14.9. The van der Waals surface area contributed by atoms with Crippen LogP contribution in [0.5, 0.6) is 0 Å². The highest BCUT2D eigenvalue weighted by atomic mass is 15.2. The minimum atomic E-state index is 0.842. The van der Waals surface area contributed by atoms with E-state index >= 15 is 0 Å². The second kappa shape index (κ2) is 8.53. The Labute approximate surface area is 133 Å². The summed E-state index contributed by atoms with van der Waals surface area (Å²) in [6, 6.07) is 0.851. The lowest BCUT2D eigenvalue weighted by Gasteiger charge is -2.45. The molecule has 1 N–H and O–H groups in total. The molecular weight excluding hydrogens is 256 g/mol. The van der Waals surface area contributed by atoms with E-state index in [0.717, 1.165) is 29.7 Å². The van der Waals surface area contributed by atoms with Crippen LogP contribution in [0.4, 0.5) is 0 Å². The van der Waals surface area contributed by atoms with Gasteiger partial charge in [0.15, 0.2) is 0 Å². The largest absolute Gasteiger partial charge is 0.317 e. The van der Waals surface area contributed by atoms with E-state index in [1.165, 1.54) is 64.7 Å². The van der Waals surface area contributed by atoms with Crippen molar-refractivity contribution in [3.05, 3.63) is 0 Å². The Morgan fingerprint density at radius 2 is 1.81 bits per heavy atom. The van der Waals surface area contributed by atoms with Crippen LogP contribution < -0.4 is 5.32 Å². The van der Waals surface area contributed by atoms with Gasteiger partial charge in [0.25, 0.3) is 0 Å². The standard InChI is InChI=1S/C19H38N2/c1-5-12-21(14-17-8-10-20-11-9-17)19-13-16(4)6-7-18(19)15(2)3/h15-20H,5-14H2,1-4H3. The first-order valence-corrected chi connectivity index (χ1v) is 9.56. The molecule has 2 aliphatic rings. The van der Waals surface area contributed by atoms with Crippen molar-refractivity contribution in [1.82, 2.24) is 10.2 Å². The first kappa shape index (κ1) is 17.3. The molecule has 124 valence electrons. The van der Waals surface area contributed by atoms with Gasteiger partial charge in [0.1, 0.15) is 0 Å². The molecule has 21 heavy (non-hydrogen) atoms. The molecule has 0 radical (unpaired) electrons. The van der Waals surface area contributed by atoms with E-state index in [0.29, 0.717) is 0 Å². The molecular formula is C19H38N2. The molecule has 2 fully saturated rings. The van der Waals surface area contributed by atoms with Crippen molar-refractivity contribution in [2.45, 2.75) is 72.3 Å². The van der Waals surface area contributed by atoms with Gasteiger partial charge in [-0.15, -0.1) is 0 Å². The smallest absolute Gasteiger partial charge is 0.0129 e. The van der Waals surface area contributed by atoms with Crippen LogP contribution in [0.3, 0.4) is 0 Å². The molecule has 2 heteroatoms. The fourth-order valence-corrected chi connectivity index (χ4v) is 4.65. The van der Waals surface area contributed by atoms with E-state index in [2.05, 4.69) is 37.9 Å². The first-order valence-electron chi connectivity index (χ1n) is 9.56. The maximum atomic E-state index is 3.52. The molecule has 0 aromatic heterocycles. The Morgan fingerprint density at radius 1 is 1.10 bits per heavy atom. The Bertz CT molecular complexity index is 283. The van der Waals surface area contributed by atoms with Gasteiger partial charge in [0, 0.05) is 12.6 Å². The Morgan fingerprint density at radius 3 is 2.43 bits per heavy atom. The lowest BCUT2D eigenvalue weighted by atomic mass is 9.73. The Hall–Kier alpha value is -0.0800. The fourth-order valence-electron chi connectivity index (χ4n) is 4.65. The highest BCUT2D eigenvalue weighted by Gasteiger charge is 2.35. The van der Waals surface area contributed by atoms with Gasteiger partial charge in [-0.1, -0.05) is 34.1 Å². The second-order valence-electron chi connectivity index (χ2n) is 8.08. The summed E-state index contributed by atoms with van der Waals surface area (Å²) in [5, 5.41) is 3.52. The van der Waals surface area contributed by atoms with Gasteiger partial charge in [-0.25, -0.2) is 0 Å². The average molecular weight is 295 g/mol. The van der Waals surface area contributed by atoms with Gasteiger partial charge in [0.05, 0.1) is 0 Å². The summed E-state index contributed by atoms with van der Waals surface area (Å²) in [5.41, 5.74) is 0. The van der Waals surface area contributed by atoms with Crippen molar-refractivity contribution in [3.8, 4) is 0 Å². The number of nitrogens with zero attached hydrogens (tertiary/aromatic N) is 1. The maximum Gasteiger partial charge on any atom is 0.0129 e. The van der Waals surface area contributed by atoms with E-state index in [1.54, 1.807) is 0 Å². The van der Waals surface area contributed by atoms with Gasteiger partial charge >= 0.3 is 0 Å². The first-order chi connectivity index (χ1) is 10.1. The van der Waals surface area contributed by atoms with Crippen molar-refractivity contribution in [2.24, 2.45) is 23.7 Å². The zero-order chi connectivity index (χ0) is 15.2. The Kier molecular flexibility index (Phi) is 7.01. The molecule has 1 aliphatic heterocycles. The van der Waals surface area contributed by atoms with Crippen LogP contribution >= 0.6 is 0 Å². The molecule has 0 bridgehead atoms. The minimum absolute atomic E-state index is 0.842. The highest BCUT2D eigenvalue weighted by molar-refractivity contribution is 4.88. The summed E-state index contributed by atoms with van der Waals surface area (Å²) in [6.07, 6.45) is 8.42. The van der Waals surface area contributed by atoms with Crippen molar-refractivity contribution in [3.63, 3.8) is 0 Å². The maximum absolute atomic E-state index is 3.52. The number of hydrogen-bond donors (Lipinski definition) is 1. The molecule has 0 spiro atoms. The summed E-state index contributed by atoms with van der Waals surface area (Å²) < 4.78 is 0. The van der Waals surface area contributed by atoms with E-state index in [-0.39, 0.29) is 0 Å². The molecule has 3 atom stereocenters. The molecule has 1 saturated heterocycles. The van der Waals surface area contributed by atoms with Crippen LogP contribution in [-0.4, -0.2) is 37.1 Å². The summed E-state index contributed by atoms with van der Waals surface area (Å²) in [7, 11) is 0. The van der Waals surface area contributed by atoms with E-state index in [1.807, 2.05) is 0 Å². The Balaban J connectivity index is 2.01. The molecule has 1 saturated carbocycles. The van der Waals surface area contributed by atoms with Crippen LogP contribution in [0, 0.1) is 23.7 Å². The number of nitrogens with one attached hydrogen (secondary N) is 1. The van der Waals surface area contributed by atoms with E-state index < -0.39 is 0 Å². The predicted molar refractivity (Wildman–Crippen MR) is 92.6 cm³/mol. The van der Waals surface area contributed by atoms with Gasteiger partial charge in [0.2, 0.25) is 0 Å². The molecule has 0 aromatic rings. The van der Waals surface area contributed by atoms with Gasteiger partial charge in [-0.3, -0.25) is 4.90 Å². The average Bonchev–Trinajstić information content (AvgIpc) is 2.47. The van der Waals surface area contributed by atoms with Gasteiger partial charge in [-0.05, 0) is 75.4 Å². The topological polar surface area (TPSA) is 15.3 Å². The molecule has 0 amide bonds. The fraction of sp³-hybridized carbons (Fsp3) is 1.00. The summed E-state index contributed by atoms with van der Waals surface area (Å²) >= 11 is 0. The highest BCUT2D eigenvalue weighted by Crippen LogP contribution is 2.37. The predicted octanol–water partition coefficient (Wildman–Crippen LogP) is 4.16. The summed E-state index contributed by atoms with van der Waals surface area (Å²) in [5.74, 6) is 3.63. The van der Waals surface area contributed by atoms with Gasteiger partial charge < -0.3 is 5.32 Å². The second-order valence-corrected chi connectivity index (χ2v) is 8.08. The van der Waals surface area contributed by atoms with Crippen molar-refractivity contribution >= 4 is 0 Å². The summed E-state index contributed by atoms with van der Waals surface area (Å²) in [6.45, 7) is 14.9. The normalized spacial score (nSPS) is 32.0. The monoisotopic (exact) mass is 294 g/mol. The van der Waals surface area contributed by atoms with Crippen molar-refractivity contribution in [1.29, 1.82) is 0 Å². The van der Waals surface area contributed by atoms with Crippen LogP contribution in [0.2, 0.25) is 0 Å². The third-order valence-electron chi connectivity index (χ3n) is 5.92. The number of piperidine rings is 1. The van der Waals surface area contributed by atoms with Crippen LogP contribution in [0.15, 0.2) is 0 Å². The van der Waals surface area contributed by atoms with Gasteiger partial charge in [-0.2, -0.15) is 0 Å². The van der Waals surface area contributed by atoms with Crippen LogP contribution in [-0.2, 0) is 0 Å². The number of hydrogen-bond acceptors (Lipinski definition) is 2. The van der Waals surface area contributed by atoms with Crippen LogP contribution in [0.1, 0.15) is 66.2 Å². The molecule has 1 aliphatic carbocycles. The third kappa shape index (κ3) is 4.96. The minimum Gasteiger partial charge on any atom is -0.317 e. The number of rotatable bonds is 6. The van der Waals surface area contributed by atoms with Crippen molar-refractivity contribution in [2.75, 3.05) is 26.2 Å². The van der Waals surface area contributed by atoms with Crippen molar-refractivity contribution < 1.29 is 0 Å². The van der Waals surface area contributed by atoms with E-state index in [9.17, 15) is 0 Å². The lowest BCUT2D eigenvalue weighted by Crippen LogP contribution is -2.49. The quantitative estimate of drug-likeness (QED) is 0.791. The zero-order valence-corrected chi connectivity index (χ0v) is 14.9. The molecule has 1 heterocycles. The summed E-state index contributed by atoms with van der Waals surface area (Å²) in [4.78, 5) is 2.90. The van der Waals surface area contributed by atoms with E-state index in [4.69, 9.17) is 0 Å². The SMILES string of the molecule is CCCN(CC1CCNCC1)C1CC(C)CCC1C(C)C. The molecule has 2 rings (SSSR count).